The first-order valence-electron chi connectivity index (χ1n) is 6.58. The fourth-order valence-corrected chi connectivity index (χ4v) is 3.82. The van der Waals surface area contributed by atoms with Crippen LogP contribution in [0.1, 0.15) is 30.1 Å². The van der Waals surface area contributed by atoms with Crippen molar-refractivity contribution in [3.8, 4) is 0 Å². The Bertz CT molecular complexity index is 638. The second-order valence-electron chi connectivity index (χ2n) is 5.02. The Morgan fingerprint density at radius 3 is 2.81 bits per heavy atom. The van der Waals surface area contributed by atoms with Crippen LogP contribution in [0.5, 0.6) is 0 Å². The Kier molecular flexibility index (Phi) is 4.50. The van der Waals surface area contributed by atoms with E-state index >= 15 is 0 Å². The van der Waals surface area contributed by atoms with Gasteiger partial charge in [-0.1, -0.05) is 0 Å². The summed E-state index contributed by atoms with van der Waals surface area (Å²) in [5.41, 5.74) is 5.44. The summed E-state index contributed by atoms with van der Waals surface area (Å²) in [7, 11) is -3.99. The summed E-state index contributed by atoms with van der Waals surface area (Å²) in [6.45, 7) is 2.30. The molecule has 8 heteroatoms. The molecule has 1 aliphatic heterocycles. The first kappa shape index (κ1) is 15.7. The maximum Gasteiger partial charge on any atom is 0.337 e. The standard InChI is InChI=1S/C13H18N2O5S/c1-8(11-3-2-6-20-11)15-21(18,19)12-7-9(14)4-5-10(12)13(16)17/h4-5,7-8,11,15H,2-3,6,14H2,1H3,(H,16,17). The molecule has 0 spiro atoms. The lowest BCUT2D eigenvalue weighted by Gasteiger charge is -2.20. The predicted octanol–water partition coefficient (Wildman–Crippen LogP) is 0.813. The van der Waals surface area contributed by atoms with Gasteiger partial charge in [0.05, 0.1) is 16.6 Å². The van der Waals surface area contributed by atoms with E-state index in [1.807, 2.05) is 0 Å². The zero-order chi connectivity index (χ0) is 15.6. The number of carboxylic acids is 1. The van der Waals surface area contributed by atoms with E-state index in [9.17, 15) is 13.2 Å². The number of nitrogen functional groups attached to an aromatic ring is 1. The Morgan fingerprint density at radius 2 is 2.24 bits per heavy atom. The molecule has 0 aliphatic carbocycles. The number of nitrogens with one attached hydrogen (secondary N) is 1. The van der Waals surface area contributed by atoms with Gasteiger partial charge >= 0.3 is 5.97 Å². The van der Waals surface area contributed by atoms with Crippen molar-refractivity contribution in [2.24, 2.45) is 0 Å². The largest absolute Gasteiger partial charge is 0.478 e. The van der Waals surface area contributed by atoms with Crippen LogP contribution in [0.3, 0.4) is 0 Å². The van der Waals surface area contributed by atoms with Crippen molar-refractivity contribution in [3.05, 3.63) is 23.8 Å². The van der Waals surface area contributed by atoms with Crippen molar-refractivity contribution in [1.82, 2.24) is 4.72 Å². The Morgan fingerprint density at radius 1 is 1.52 bits per heavy atom. The van der Waals surface area contributed by atoms with Gasteiger partial charge in [-0.15, -0.1) is 0 Å². The lowest BCUT2D eigenvalue weighted by Crippen LogP contribution is -2.41. The monoisotopic (exact) mass is 314 g/mol. The van der Waals surface area contributed by atoms with E-state index < -0.39 is 22.0 Å². The molecule has 0 saturated carbocycles. The van der Waals surface area contributed by atoms with Gasteiger partial charge in [-0.25, -0.2) is 17.9 Å². The minimum Gasteiger partial charge on any atom is -0.478 e. The summed E-state index contributed by atoms with van der Waals surface area (Å²) in [4.78, 5) is 10.8. The average Bonchev–Trinajstić information content (AvgIpc) is 2.91. The Balaban J connectivity index is 2.30. The van der Waals surface area contributed by atoms with Crippen LogP contribution in [0, 0.1) is 0 Å². The summed E-state index contributed by atoms with van der Waals surface area (Å²) < 4.78 is 32.7. The van der Waals surface area contributed by atoms with Crippen LogP contribution in [0.4, 0.5) is 5.69 Å². The number of ether oxygens (including phenoxy) is 1. The van der Waals surface area contributed by atoms with Crippen molar-refractivity contribution in [2.45, 2.75) is 36.8 Å². The van der Waals surface area contributed by atoms with Gasteiger partial charge in [-0.05, 0) is 38.0 Å². The summed E-state index contributed by atoms with van der Waals surface area (Å²) in [5.74, 6) is -1.32. The topological polar surface area (TPSA) is 119 Å². The highest BCUT2D eigenvalue weighted by molar-refractivity contribution is 7.89. The molecule has 1 aliphatic rings. The molecule has 21 heavy (non-hydrogen) atoms. The third-order valence-corrected chi connectivity index (χ3v) is 4.99. The number of sulfonamides is 1. The van der Waals surface area contributed by atoms with Gasteiger partial charge in [0, 0.05) is 18.3 Å². The molecule has 7 nitrogen and oxygen atoms in total. The number of nitrogens with two attached hydrogens (primary N) is 1. The van der Waals surface area contributed by atoms with Crippen molar-refractivity contribution >= 4 is 21.7 Å². The molecule has 1 aromatic carbocycles. The van der Waals surface area contributed by atoms with Crippen LogP contribution in [0.2, 0.25) is 0 Å². The van der Waals surface area contributed by atoms with Crippen LogP contribution in [-0.2, 0) is 14.8 Å². The number of rotatable bonds is 5. The van der Waals surface area contributed by atoms with Gasteiger partial charge in [0.2, 0.25) is 10.0 Å². The molecule has 0 bridgehead atoms. The van der Waals surface area contributed by atoms with E-state index in [1.54, 1.807) is 6.92 Å². The van der Waals surface area contributed by atoms with E-state index in [4.69, 9.17) is 15.6 Å². The first-order valence-corrected chi connectivity index (χ1v) is 8.06. The molecule has 1 heterocycles. The van der Waals surface area contributed by atoms with Crippen LogP contribution in [0.15, 0.2) is 23.1 Å². The lowest BCUT2D eigenvalue weighted by atomic mass is 10.1. The number of benzene rings is 1. The van der Waals surface area contributed by atoms with Crippen LogP contribution in [0.25, 0.3) is 0 Å². The normalized spacial score (nSPS) is 20.3. The second kappa shape index (κ2) is 6.00. The molecule has 1 aromatic rings. The second-order valence-corrected chi connectivity index (χ2v) is 6.70. The summed E-state index contributed by atoms with van der Waals surface area (Å²) in [5, 5.41) is 9.11. The lowest BCUT2D eigenvalue weighted by molar-refractivity contribution is 0.0692. The maximum atomic E-state index is 12.4. The van der Waals surface area contributed by atoms with Gasteiger partial charge in [-0.2, -0.15) is 0 Å². The van der Waals surface area contributed by atoms with E-state index in [0.717, 1.165) is 18.9 Å². The predicted molar refractivity (Wildman–Crippen MR) is 76.6 cm³/mol. The quantitative estimate of drug-likeness (QED) is 0.692. The average molecular weight is 314 g/mol. The van der Waals surface area contributed by atoms with Gasteiger partial charge in [0.25, 0.3) is 0 Å². The molecule has 1 fully saturated rings. The van der Waals surface area contributed by atoms with E-state index in [2.05, 4.69) is 4.72 Å². The molecule has 2 atom stereocenters. The fraction of sp³-hybridized carbons (Fsp3) is 0.462. The zero-order valence-corrected chi connectivity index (χ0v) is 12.4. The number of anilines is 1. The smallest absolute Gasteiger partial charge is 0.337 e. The molecule has 4 N–H and O–H groups in total. The van der Waals surface area contributed by atoms with Gasteiger partial charge < -0.3 is 15.6 Å². The van der Waals surface area contributed by atoms with Crippen LogP contribution in [-0.4, -0.2) is 38.2 Å². The fourth-order valence-electron chi connectivity index (χ4n) is 2.32. The van der Waals surface area contributed by atoms with Crippen molar-refractivity contribution in [1.29, 1.82) is 0 Å². The van der Waals surface area contributed by atoms with E-state index in [0.29, 0.717) is 6.61 Å². The zero-order valence-electron chi connectivity index (χ0n) is 11.6. The minimum absolute atomic E-state index is 0.185. The SMILES string of the molecule is CC(NS(=O)(=O)c1cc(N)ccc1C(=O)O)C1CCCO1. The molecule has 0 aromatic heterocycles. The Hall–Kier alpha value is -1.64. The summed E-state index contributed by atoms with van der Waals surface area (Å²) >= 11 is 0. The van der Waals surface area contributed by atoms with E-state index in [1.165, 1.54) is 12.1 Å². The first-order chi connectivity index (χ1) is 9.81. The minimum atomic E-state index is -3.99. The molecule has 0 amide bonds. The molecular weight excluding hydrogens is 296 g/mol. The molecule has 116 valence electrons. The molecule has 0 radical (unpaired) electrons. The molecular formula is C13H18N2O5S. The highest BCUT2D eigenvalue weighted by atomic mass is 32.2. The van der Waals surface area contributed by atoms with Crippen LogP contribution >= 0.6 is 0 Å². The van der Waals surface area contributed by atoms with Crippen molar-refractivity contribution in [3.63, 3.8) is 0 Å². The molecule has 2 unspecified atom stereocenters. The van der Waals surface area contributed by atoms with E-state index in [-0.39, 0.29) is 22.3 Å². The van der Waals surface area contributed by atoms with Gasteiger partial charge in [-0.3, -0.25) is 0 Å². The highest BCUT2D eigenvalue weighted by Crippen LogP contribution is 2.22. The van der Waals surface area contributed by atoms with Gasteiger partial charge in [0.1, 0.15) is 0 Å². The number of carbonyl (C=O) groups is 1. The number of aromatic carboxylic acids is 1. The highest BCUT2D eigenvalue weighted by Gasteiger charge is 2.29. The van der Waals surface area contributed by atoms with Crippen LogP contribution < -0.4 is 10.5 Å². The number of hydrogen-bond acceptors (Lipinski definition) is 5. The molecule has 2 rings (SSSR count). The summed E-state index contributed by atoms with van der Waals surface area (Å²) in [6.07, 6.45) is 1.45. The molecule has 1 saturated heterocycles. The summed E-state index contributed by atoms with van der Waals surface area (Å²) in [6, 6.07) is 3.24. The van der Waals surface area contributed by atoms with Gasteiger partial charge in [0.15, 0.2) is 0 Å². The van der Waals surface area contributed by atoms with Crippen molar-refractivity contribution in [2.75, 3.05) is 12.3 Å². The number of hydrogen-bond donors (Lipinski definition) is 3. The maximum absolute atomic E-state index is 12.4. The third kappa shape index (κ3) is 3.52. The number of carboxylic acid groups (broad SMARTS) is 1. The third-order valence-electron chi connectivity index (χ3n) is 3.39. The van der Waals surface area contributed by atoms with Crippen molar-refractivity contribution < 1.29 is 23.1 Å². The Labute approximate surface area is 123 Å².